The third kappa shape index (κ3) is 5.18. The highest BCUT2D eigenvalue weighted by atomic mass is 35.5. The molecule has 0 unspecified atom stereocenters. The largest absolute Gasteiger partial charge is 0.418 e. The van der Waals surface area contributed by atoms with Crippen molar-refractivity contribution in [1.82, 2.24) is 19.5 Å². The van der Waals surface area contributed by atoms with E-state index in [4.69, 9.17) is 11.6 Å². The molecule has 29 heavy (non-hydrogen) atoms. The molecule has 2 N–H and O–H groups in total. The Kier molecular flexibility index (Phi) is 6.28. The molecule has 0 aliphatic carbocycles. The molecule has 0 bridgehead atoms. The third-order valence-corrected chi connectivity index (χ3v) is 4.94. The Bertz CT molecular complexity index is 1090. The zero-order chi connectivity index (χ0) is 21.0. The summed E-state index contributed by atoms with van der Waals surface area (Å²) in [5, 5.41) is 2.96. The van der Waals surface area contributed by atoms with Crippen LogP contribution in [-0.4, -0.2) is 26.1 Å². The van der Waals surface area contributed by atoms with E-state index in [2.05, 4.69) is 20.3 Å². The predicted octanol–water partition coefficient (Wildman–Crippen LogP) is 3.26. The summed E-state index contributed by atoms with van der Waals surface area (Å²) < 4.78 is 39.5. The molecule has 3 aromatic rings. The summed E-state index contributed by atoms with van der Waals surface area (Å²) in [4.78, 5) is 34.9. The van der Waals surface area contributed by atoms with Crippen molar-refractivity contribution in [3.8, 4) is 0 Å². The van der Waals surface area contributed by atoms with Gasteiger partial charge in [-0.25, -0.2) is 14.8 Å². The van der Waals surface area contributed by atoms with Gasteiger partial charge in [-0.05, 0) is 18.2 Å². The van der Waals surface area contributed by atoms with Crippen molar-refractivity contribution >= 4 is 29.2 Å². The lowest BCUT2D eigenvalue weighted by molar-refractivity contribution is -0.137. The molecule has 12 heteroatoms. The summed E-state index contributed by atoms with van der Waals surface area (Å²) in [6.45, 7) is -0.138. The van der Waals surface area contributed by atoms with Crippen molar-refractivity contribution in [3.05, 3.63) is 74.1 Å². The SMILES string of the molecule is O=c1cc(Sc2ccccn2)[nH]c(=O)n1CCNc1nccc(C(F)(F)F)c1Cl. The highest BCUT2D eigenvalue weighted by Gasteiger charge is 2.34. The van der Waals surface area contributed by atoms with Crippen LogP contribution in [0.25, 0.3) is 0 Å². The van der Waals surface area contributed by atoms with Gasteiger partial charge in [0, 0.05) is 31.5 Å². The minimum Gasteiger partial charge on any atom is -0.367 e. The molecule has 0 amide bonds. The van der Waals surface area contributed by atoms with E-state index in [1.807, 2.05) is 0 Å². The van der Waals surface area contributed by atoms with Crippen molar-refractivity contribution in [2.75, 3.05) is 11.9 Å². The zero-order valence-corrected chi connectivity index (χ0v) is 16.1. The van der Waals surface area contributed by atoms with E-state index >= 15 is 0 Å². The second-order valence-electron chi connectivity index (χ2n) is 5.64. The number of hydrogen-bond donors (Lipinski definition) is 2. The van der Waals surface area contributed by atoms with E-state index in [-0.39, 0.29) is 18.9 Å². The van der Waals surface area contributed by atoms with E-state index in [0.717, 1.165) is 28.6 Å². The second kappa shape index (κ2) is 8.70. The maximum absolute atomic E-state index is 12.9. The van der Waals surface area contributed by atoms with Gasteiger partial charge < -0.3 is 10.3 Å². The van der Waals surface area contributed by atoms with Crippen LogP contribution in [0, 0.1) is 0 Å². The molecule has 7 nitrogen and oxygen atoms in total. The van der Waals surface area contributed by atoms with Crippen LogP contribution in [0.3, 0.4) is 0 Å². The molecule has 0 radical (unpaired) electrons. The van der Waals surface area contributed by atoms with E-state index in [1.165, 1.54) is 6.07 Å². The van der Waals surface area contributed by atoms with Gasteiger partial charge in [-0.3, -0.25) is 9.36 Å². The molecule has 0 saturated heterocycles. The molecule has 0 saturated carbocycles. The molecule has 3 rings (SSSR count). The average molecular weight is 444 g/mol. The zero-order valence-electron chi connectivity index (χ0n) is 14.5. The van der Waals surface area contributed by atoms with Gasteiger partial charge in [0.15, 0.2) is 0 Å². The molecular formula is C17H13ClF3N5O2S. The maximum atomic E-state index is 12.9. The van der Waals surface area contributed by atoms with Crippen LogP contribution in [0.1, 0.15) is 5.56 Å². The summed E-state index contributed by atoms with van der Waals surface area (Å²) >= 11 is 6.87. The van der Waals surface area contributed by atoms with Crippen molar-refractivity contribution in [3.63, 3.8) is 0 Å². The molecule has 0 fully saturated rings. The Labute approximate surface area is 171 Å². The van der Waals surface area contributed by atoms with Gasteiger partial charge >= 0.3 is 11.9 Å². The molecule has 3 aromatic heterocycles. The Morgan fingerprint density at radius 1 is 1.17 bits per heavy atom. The Morgan fingerprint density at radius 2 is 1.97 bits per heavy atom. The van der Waals surface area contributed by atoms with Crippen LogP contribution in [0.5, 0.6) is 0 Å². The number of rotatable bonds is 6. The van der Waals surface area contributed by atoms with Crippen molar-refractivity contribution < 1.29 is 13.2 Å². The Balaban J connectivity index is 1.71. The number of anilines is 1. The minimum atomic E-state index is -4.62. The minimum absolute atomic E-state index is 0.0379. The van der Waals surface area contributed by atoms with Crippen LogP contribution in [0.4, 0.5) is 19.0 Å². The Morgan fingerprint density at radius 3 is 2.62 bits per heavy atom. The first-order valence-corrected chi connectivity index (χ1v) is 9.34. The topological polar surface area (TPSA) is 92.7 Å². The average Bonchev–Trinajstić information content (AvgIpc) is 2.65. The smallest absolute Gasteiger partial charge is 0.367 e. The van der Waals surface area contributed by atoms with Crippen molar-refractivity contribution in [2.45, 2.75) is 22.8 Å². The van der Waals surface area contributed by atoms with Crippen molar-refractivity contribution in [2.24, 2.45) is 0 Å². The van der Waals surface area contributed by atoms with Crippen LogP contribution >= 0.6 is 23.4 Å². The first-order valence-electron chi connectivity index (χ1n) is 8.14. The Hall–Kier alpha value is -2.79. The maximum Gasteiger partial charge on any atom is 0.418 e. The van der Waals surface area contributed by atoms with Gasteiger partial charge in [-0.15, -0.1) is 0 Å². The first-order chi connectivity index (χ1) is 13.8. The van der Waals surface area contributed by atoms with Crippen LogP contribution in [0.2, 0.25) is 5.02 Å². The van der Waals surface area contributed by atoms with E-state index in [0.29, 0.717) is 10.1 Å². The highest BCUT2D eigenvalue weighted by molar-refractivity contribution is 7.99. The number of aromatic nitrogens is 4. The number of hydrogen-bond acceptors (Lipinski definition) is 6. The summed E-state index contributed by atoms with van der Waals surface area (Å²) in [5.74, 6) is -0.187. The lowest BCUT2D eigenvalue weighted by Gasteiger charge is -2.13. The number of halogens is 4. The van der Waals surface area contributed by atoms with Gasteiger partial charge in [0.1, 0.15) is 10.8 Å². The number of alkyl halides is 3. The molecule has 152 valence electrons. The molecule has 0 aliphatic heterocycles. The van der Waals surface area contributed by atoms with E-state index in [1.54, 1.807) is 24.4 Å². The molecule has 3 heterocycles. The highest BCUT2D eigenvalue weighted by Crippen LogP contribution is 2.37. The lowest BCUT2D eigenvalue weighted by atomic mass is 10.2. The molecular weight excluding hydrogens is 431 g/mol. The fourth-order valence-corrected chi connectivity index (χ4v) is 3.43. The summed E-state index contributed by atoms with van der Waals surface area (Å²) in [6, 6.07) is 7.25. The monoisotopic (exact) mass is 443 g/mol. The van der Waals surface area contributed by atoms with Crippen LogP contribution in [0.15, 0.2) is 62.4 Å². The molecule has 0 aliphatic rings. The summed E-state index contributed by atoms with van der Waals surface area (Å²) in [7, 11) is 0. The number of nitrogens with one attached hydrogen (secondary N) is 2. The van der Waals surface area contributed by atoms with Gasteiger partial charge in [0.05, 0.1) is 15.6 Å². The predicted molar refractivity (Wildman–Crippen MR) is 102 cm³/mol. The second-order valence-corrected chi connectivity index (χ2v) is 7.08. The lowest BCUT2D eigenvalue weighted by Crippen LogP contribution is -2.36. The van der Waals surface area contributed by atoms with Crippen LogP contribution in [-0.2, 0) is 12.7 Å². The number of aromatic amines is 1. The van der Waals surface area contributed by atoms with Gasteiger partial charge in [0.25, 0.3) is 5.56 Å². The first kappa shape index (κ1) is 20.9. The normalized spacial score (nSPS) is 11.4. The summed E-state index contributed by atoms with van der Waals surface area (Å²) in [6.07, 6.45) is -2.06. The van der Waals surface area contributed by atoms with Gasteiger partial charge in [0.2, 0.25) is 0 Å². The molecule has 0 spiro atoms. The number of nitrogens with zero attached hydrogens (tertiary/aromatic N) is 3. The van der Waals surface area contributed by atoms with Gasteiger partial charge in [-0.1, -0.05) is 29.4 Å². The fourth-order valence-electron chi connectivity index (χ4n) is 2.36. The van der Waals surface area contributed by atoms with Crippen LogP contribution < -0.4 is 16.6 Å². The molecule has 0 aromatic carbocycles. The standard InChI is InChI=1S/C17H13ClF3N5O2S/c18-14-10(17(19,20)21)4-6-23-15(14)24-7-8-26-13(27)9-12(25-16(26)28)29-11-3-1-2-5-22-11/h1-6,9H,7-8H2,(H,23,24)(H,25,28). The van der Waals surface area contributed by atoms with E-state index < -0.39 is 28.0 Å². The summed E-state index contributed by atoms with van der Waals surface area (Å²) in [5.41, 5.74) is -2.24. The molecule has 0 atom stereocenters. The van der Waals surface area contributed by atoms with E-state index in [9.17, 15) is 22.8 Å². The fraction of sp³-hybridized carbons (Fsp3) is 0.176. The van der Waals surface area contributed by atoms with Crippen molar-refractivity contribution in [1.29, 1.82) is 0 Å². The quantitative estimate of drug-likeness (QED) is 0.568. The van der Waals surface area contributed by atoms with Gasteiger partial charge in [-0.2, -0.15) is 13.2 Å². The third-order valence-electron chi connectivity index (χ3n) is 3.67. The number of pyridine rings is 2. The number of H-pyrrole nitrogens is 1.